The third-order valence-electron chi connectivity index (χ3n) is 2.61. The van der Waals surface area contributed by atoms with E-state index in [2.05, 4.69) is 34.6 Å². The molecule has 0 fully saturated rings. The Bertz CT molecular complexity index is 440. The highest BCUT2D eigenvalue weighted by molar-refractivity contribution is 7.09. The number of nitrogens with two attached hydrogens (primary N) is 1. The maximum Gasteiger partial charge on any atom is 0.106 e. The number of aromatic nitrogens is 1. The minimum absolute atomic E-state index is 0.698. The third kappa shape index (κ3) is 3.63. The molecule has 0 amide bonds. The number of hydrogen-bond acceptors (Lipinski definition) is 4. The summed E-state index contributed by atoms with van der Waals surface area (Å²) in [4.78, 5) is 4.24. The van der Waals surface area contributed by atoms with Crippen molar-refractivity contribution in [3.8, 4) is 0 Å². The van der Waals surface area contributed by atoms with Crippen LogP contribution in [0.2, 0.25) is 0 Å². The van der Waals surface area contributed by atoms with Gasteiger partial charge in [0.2, 0.25) is 0 Å². The van der Waals surface area contributed by atoms with E-state index in [-0.39, 0.29) is 0 Å². The summed E-state index contributed by atoms with van der Waals surface area (Å²) in [6.45, 7) is 2.40. The fourth-order valence-electron chi connectivity index (χ4n) is 1.77. The van der Waals surface area contributed by atoms with Gasteiger partial charge in [-0.05, 0) is 24.1 Å². The molecule has 0 atom stereocenters. The molecule has 0 radical (unpaired) electrons. The molecule has 0 aliphatic carbocycles. The zero-order valence-electron chi connectivity index (χ0n) is 9.73. The van der Waals surface area contributed by atoms with Crippen molar-refractivity contribution in [3.63, 3.8) is 0 Å². The third-order valence-corrected chi connectivity index (χ3v) is 3.39. The molecule has 1 heterocycles. The molecule has 0 unspecified atom stereocenters. The van der Waals surface area contributed by atoms with Crippen LogP contribution in [0.5, 0.6) is 0 Å². The molecule has 3 N–H and O–H groups in total. The second-order valence-corrected chi connectivity index (χ2v) is 4.82. The van der Waals surface area contributed by atoms with Crippen LogP contribution in [0, 0.1) is 0 Å². The summed E-state index contributed by atoms with van der Waals surface area (Å²) in [5.74, 6) is 0. The van der Waals surface area contributed by atoms with Crippen molar-refractivity contribution in [3.05, 3.63) is 52.0 Å². The Hall–Kier alpha value is -1.23. The van der Waals surface area contributed by atoms with Crippen LogP contribution in [-0.4, -0.2) is 11.5 Å². The zero-order chi connectivity index (χ0) is 11.9. The Balaban J connectivity index is 1.89. The summed E-state index contributed by atoms with van der Waals surface area (Å²) < 4.78 is 0. The summed E-state index contributed by atoms with van der Waals surface area (Å²) in [6, 6.07) is 8.43. The molecule has 0 aliphatic heterocycles. The number of nitrogens with zero attached hydrogens (tertiary/aromatic N) is 1. The lowest BCUT2D eigenvalue weighted by atomic mass is 10.0. The second kappa shape index (κ2) is 6.49. The molecule has 1 aromatic carbocycles. The van der Waals surface area contributed by atoms with Gasteiger partial charge < -0.3 is 11.1 Å². The fraction of sp³-hybridized carbons (Fsp3) is 0.308. The standard InChI is InChI=1S/C13H17N3S/c14-6-5-11-3-1-2-4-12(11)9-15-10-13-16-7-8-17-13/h1-4,7-8,15H,5-6,9-10,14H2. The van der Waals surface area contributed by atoms with E-state index in [1.54, 1.807) is 11.3 Å². The number of thiazole rings is 1. The molecule has 0 saturated heterocycles. The summed E-state index contributed by atoms with van der Waals surface area (Å²) >= 11 is 1.68. The van der Waals surface area contributed by atoms with Crippen LogP contribution >= 0.6 is 11.3 Å². The van der Waals surface area contributed by atoms with Gasteiger partial charge in [-0.1, -0.05) is 24.3 Å². The highest BCUT2D eigenvalue weighted by atomic mass is 32.1. The van der Waals surface area contributed by atoms with Crippen LogP contribution in [0.3, 0.4) is 0 Å². The zero-order valence-corrected chi connectivity index (χ0v) is 10.5. The number of nitrogens with one attached hydrogen (secondary N) is 1. The number of rotatable bonds is 6. The molecule has 3 nitrogen and oxygen atoms in total. The van der Waals surface area contributed by atoms with E-state index in [9.17, 15) is 0 Å². The minimum Gasteiger partial charge on any atom is -0.330 e. The Labute approximate surface area is 106 Å². The van der Waals surface area contributed by atoms with Gasteiger partial charge in [-0.3, -0.25) is 0 Å². The average molecular weight is 247 g/mol. The first-order chi connectivity index (χ1) is 8.40. The predicted octanol–water partition coefficient (Wildman–Crippen LogP) is 1.93. The summed E-state index contributed by atoms with van der Waals surface area (Å²) in [5, 5.41) is 6.54. The lowest BCUT2D eigenvalue weighted by Crippen LogP contribution is -2.15. The van der Waals surface area contributed by atoms with E-state index in [4.69, 9.17) is 5.73 Å². The topological polar surface area (TPSA) is 50.9 Å². The first kappa shape index (κ1) is 12.2. The quantitative estimate of drug-likeness (QED) is 0.820. The molecule has 2 aromatic rings. The Morgan fingerprint density at radius 2 is 2.00 bits per heavy atom. The second-order valence-electron chi connectivity index (χ2n) is 3.84. The Morgan fingerprint density at radius 3 is 2.71 bits per heavy atom. The fourth-order valence-corrected chi connectivity index (χ4v) is 2.36. The molecular formula is C13H17N3S. The van der Waals surface area contributed by atoms with E-state index in [0.717, 1.165) is 24.5 Å². The van der Waals surface area contributed by atoms with Crippen LogP contribution in [0.4, 0.5) is 0 Å². The largest absolute Gasteiger partial charge is 0.330 e. The molecule has 0 saturated carbocycles. The average Bonchev–Trinajstić information content (AvgIpc) is 2.85. The normalized spacial score (nSPS) is 10.6. The lowest BCUT2D eigenvalue weighted by Gasteiger charge is -2.09. The first-order valence-electron chi connectivity index (χ1n) is 5.76. The summed E-state index contributed by atoms with van der Waals surface area (Å²) in [6.07, 6.45) is 2.78. The van der Waals surface area contributed by atoms with E-state index in [0.29, 0.717) is 6.54 Å². The van der Waals surface area contributed by atoms with Crippen molar-refractivity contribution in [1.29, 1.82) is 0 Å². The van der Waals surface area contributed by atoms with Crippen LogP contribution in [0.25, 0.3) is 0 Å². The molecule has 4 heteroatoms. The molecule has 90 valence electrons. The molecule has 0 aliphatic rings. The molecule has 1 aromatic heterocycles. The van der Waals surface area contributed by atoms with Crippen molar-refractivity contribution in [2.75, 3.05) is 6.54 Å². The van der Waals surface area contributed by atoms with Crippen molar-refractivity contribution in [1.82, 2.24) is 10.3 Å². The van der Waals surface area contributed by atoms with E-state index in [1.807, 2.05) is 11.6 Å². The van der Waals surface area contributed by atoms with E-state index < -0.39 is 0 Å². The molecule has 17 heavy (non-hydrogen) atoms. The first-order valence-corrected chi connectivity index (χ1v) is 6.64. The van der Waals surface area contributed by atoms with E-state index in [1.165, 1.54) is 11.1 Å². The maximum atomic E-state index is 5.61. The van der Waals surface area contributed by atoms with Gasteiger partial charge in [0, 0.05) is 24.7 Å². The number of benzene rings is 1. The smallest absolute Gasteiger partial charge is 0.106 e. The summed E-state index contributed by atoms with van der Waals surface area (Å²) in [5.41, 5.74) is 8.27. The van der Waals surface area contributed by atoms with Gasteiger partial charge in [-0.2, -0.15) is 0 Å². The minimum atomic E-state index is 0.698. The Kier molecular flexibility index (Phi) is 4.67. The predicted molar refractivity (Wildman–Crippen MR) is 71.9 cm³/mol. The van der Waals surface area contributed by atoms with Gasteiger partial charge in [-0.15, -0.1) is 11.3 Å². The summed E-state index contributed by atoms with van der Waals surface area (Å²) in [7, 11) is 0. The van der Waals surface area contributed by atoms with Crippen molar-refractivity contribution in [2.45, 2.75) is 19.5 Å². The van der Waals surface area contributed by atoms with Crippen molar-refractivity contribution < 1.29 is 0 Å². The van der Waals surface area contributed by atoms with Crippen molar-refractivity contribution in [2.24, 2.45) is 5.73 Å². The maximum absolute atomic E-state index is 5.61. The highest BCUT2D eigenvalue weighted by Crippen LogP contribution is 2.09. The van der Waals surface area contributed by atoms with Gasteiger partial charge in [-0.25, -0.2) is 4.98 Å². The van der Waals surface area contributed by atoms with Crippen LogP contribution < -0.4 is 11.1 Å². The van der Waals surface area contributed by atoms with Crippen molar-refractivity contribution >= 4 is 11.3 Å². The van der Waals surface area contributed by atoms with E-state index >= 15 is 0 Å². The monoisotopic (exact) mass is 247 g/mol. The van der Waals surface area contributed by atoms with Gasteiger partial charge in [0.25, 0.3) is 0 Å². The molecule has 0 spiro atoms. The lowest BCUT2D eigenvalue weighted by molar-refractivity contribution is 0.684. The Morgan fingerprint density at radius 1 is 1.18 bits per heavy atom. The SMILES string of the molecule is NCCc1ccccc1CNCc1nccs1. The van der Waals surface area contributed by atoms with Crippen LogP contribution in [-0.2, 0) is 19.5 Å². The highest BCUT2D eigenvalue weighted by Gasteiger charge is 2.01. The van der Waals surface area contributed by atoms with Gasteiger partial charge in [0.15, 0.2) is 0 Å². The van der Waals surface area contributed by atoms with Crippen LogP contribution in [0.15, 0.2) is 35.8 Å². The van der Waals surface area contributed by atoms with Gasteiger partial charge in [0.1, 0.15) is 5.01 Å². The number of hydrogen-bond donors (Lipinski definition) is 2. The van der Waals surface area contributed by atoms with Crippen LogP contribution in [0.1, 0.15) is 16.1 Å². The molecule has 2 rings (SSSR count). The van der Waals surface area contributed by atoms with Gasteiger partial charge >= 0.3 is 0 Å². The molecular weight excluding hydrogens is 230 g/mol. The van der Waals surface area contributed by atoms with Gasteiger partial charge in [0.05, 0.1) is 0 Å². The molecule has 0 bridgehead atoms.